The van der Waals surface area contributed by atoms with Gasteiger partial charge in [-0.05, 0) is 37.5 Å². The molecule has 6 nitrogen and oxygen atoms in total. The number of ether oxygens (including phenoxy) is 2. The second-order valence-corrected chi connectivity index (χ2v) is 7.04. The second-order valence-electron chi connectivity index (χ2n) is 7.04. The molecule has 2 saturated heterocycles. The smallest absolute Gasteiger partial charge is 0.255 e. The van der Waals surface area contributed by atoms with Crippen LogP contribution in [0.2, 0.25) is 0 Å². The van der Waals surface area contributed by atoms with Crippen LogP contribution in [0, 0.1) is 5.41 Å². The van der Waals surface area contributed by atoms with Crippen molar-refractivity contribution in [2.24, 2.45) is 5.41 Å². The van der Waals surface area contributed by atoms with Gasteiger partial charge in [0, 0.05) is 49.8 Å². The summed E-state index contributed by atoms with van der Waals surface area (Å²) in [7, 11) is 0. The Hall–Kier alpha value is -2.47. The Morgan fingerprint density at radius 1 is 1.31 bits per heavy atom. The Bertz CT molecular complexity index is 740. The Labute approximate surface area is 153 Å². The molecule has 2 aromatic rings. The first-order valence-electron chi connectivity index (χ1n) is 9.12. The summed E-state index contributed by atoms with van der Waals surface area (Å²) in [6.45, 7) is 2.63. The van der Waals surface area contributed by atoms with Crippen molar-refractivity contribution in [2.45, 2.75) is 25.4 Å². The maximum atomic E-state index is 12.9. The first-order valence-corrected chi connectivity index (χ1v) is 9.12. The molecule has 0 aliphatic carbocycles. The molecule has 26 heavy (non-hydrogen) atoms. The van der Waals surface area contributed by atoms with Crippen LogP contribution in [-0.2, 0) is 4.74 Å². The molecule has 2 aliphatic heterocycles. The minimum Gasteiger partial charge on any atom is -0.477 e. The molecule has 0 radical (unpaired) electrons. The molecule has 2 aliphatic rings. The van der Waals surface area contributed by atoms with Crippen LogP contribution in [0.3, 0.4) is 0 Å². The van der Waals surface area contributed by atoms with E-state index in [2.05, 4.69) is 9.97 Å². The molecular weight excluding hydrogens is 330 g/mol. The number of fused-ring (bicyclic) bond motifs is 1. The van der Waals surface area contributed by atoms with E-state index in [9.17, 15) is 4.79 Å². The van der Waals surface area contributed by atoms with E-state index in [-0.39, 0.29) is 17.4 Å². The van der Waals surface area contributed by atoms with Gasteiger partial charge in [0.15, 0.2) is 0 Å². The number of carbonyl (C=O) groups excluding carboxylic acids is 1. The average molecular weight is 353 g/mol. The van der Waals surface area contributed by atoms with Gasteiger partial charge in [0.1, 0.15) is 0 Å². The molecule has 0 bridgehead atoms. The average Bonchev–Trinajstić information content (AvgIpc) is 2.73. The quantitative estimate of drug-likeness (QED) is 0.845. The Balaban J connectivity index is 1.52. The molecule has 0 spiro atoms. The van der Waals surface area contributed by atoms with Crippen LogP contribution in [-0.4, -0.2) is 53.2 Å². The summed E-state index contributed by atoms with van der Waals surface area (Å²) in [5, 5.41) is 0. The number of nitrogens with zero attached hydrogens (tertiary/aromatic N) is 3. The molecule has 0 N–H and O–H groups in total. The SMILES string of the molecule is O=C(c1cccnc1)N1CC[C@@H]2OCCC[C@]2(COc2ccccn2)C1. The predicted octanol–water partition coefficient (Wildman–Crippen LogP) is 2.57. The minimum absolute atomic E-state index is 0.0272. The van der Waals surface area contributed by atoms with E-state index >= 15 is 0 Å². The summed E-state index contributed by atoms with van der Waals surface area (Å²) in [5.74, 6) is 0.640. The van der Waals surface area contributed by atoms with Crippen LogP contribution < -0.4 is 4.74 Å². The molecule has 4 rings (SSSR count). The topological polar surface area (TPSA) is 64.6 Å². The fraction of sp³-hybridized carbons (Fsp3) is 0.450. The van der Waals surface area contributed by atoms with Gasteiger partial charge in [-0.3, -0.25) is 9.78 Å². The molecule has 2 aromatic heterocycles. The molecule has 6 heteroatoms. The van der Waals surface area contributed by atoms with Gasteiger partial charge >= 0.3 is 0 Å². The van der Waals surface area contributed by atoms with E-state index in [1.807, 2.05) is 29.2 Å². The van der Waals surface area contributed by atoms with Crippen molar-refractivity contribution in [2.75, 3.05) is 26.3 Å². The summed E-state index contributed by atoms with van der Waals surface area (Å²) in [6.07, 6.45) is 7.96. The normalized spacial score (nSPS) is 25.4. The predicted molar refractivity (Wildman–Crippen MR) is 95.9 cm³/mol. The molecule has 4 heterocycles. The summed E-state index contributed by atoms with van der Waals surface area (Å²) >= 11 is 0. The lowest BCUT2D eigenvalue weighted by Crippen LogP contribution is -2.58. The zero-order valence-electron chi connectivity index (χ0n) is 14.7. The maximum Gasteiger partial charge on any atom is 0.255 e. The molecule has 136 valence electrons. The lowest BCUT2D eigenvalue weighted by molar-refractivity contribution is -0.133. The second kappa shape index (κ2) is 7.41. The summed E-state index contributed by atoms with van der Waals surface area (Å²) in [4.78, 5) is 23.1. The number of rotatable bonds is 4. The van der Waals surface area contributed by atoms with Gasteiger partial charge < -0.3 is 14.4 Å². The van der Waals surface area contributed by atoms with Crippen LogP contribution in [0.5, 0.6) is 5.88 Å². The maximum absolute atomic E-state index is 12.9. The molecule has 1 amide bonds. The lowest BCUT2D eigenvalue weighted by Gasteiger charge is -2.50. The molecule has 2 fully saturated rings. The number of hydrogen-bond donors (Lipinski definition) is 0. The standard InChI is InChI=1S/C20H23N3O3/c24-19(16-5-3-9-21-13-16)23-11-7-17-20(14-23,8-4-12-25-17)15-26-18-6-1-2-10-22-18/h1-3,5-6,9-10,13,17H,4,7-8,11-12,14-15H2/t17-,20+/m0/s1. The Kier molecular flexibility index (Phi) is 4.84. The van der Waals surface area contributed by atoms with E-state index in [0.29, 0.717) is 31.1 Å². The van der Waals surface area contributed by atoms with Gasteiger partial charge in [-0.15, -0.1) is 0 Å². The van der Waals surface area contributed by atoms with Crippen molar-refractivity contribution in [3.8, 4) is 5.88 Å². The lowest BCUT2D eigenvalue weighted by atomic mass is 9.73. The molecular formula is C20H23N3O3. The van der Waals surface area contributed by atoms with Gasteiger partial charge in [0.2, 0.25) is 5.88 Å². The van der Waals surface area contributed by atoms with E-state index in [0.717, 1.165) is 25.9 Å². The number of pyridine rings is 2. The van der Waals surface area contributed by atoms with Crippen molar-refractivity contribution in [1.82, 2.24) is 14.9 Å². The molecule has 2 atom stereocenters. The first kappa shape index (κ1) is 17.0. The highest BCUT2D eigenvalue weighted by atomic mass is 16.5. The minimum atomic E-state index is -0.189. The van der Waals surface area contributed by atoms with Crippen molar-refractivity contribution >= 4 is 5.91 Å². The van der Waals surface area contributed by atoms with Gasteiger partial charge in [-0.25, -0.2) is 4.98 Å². The van der Waals surface area contributed by atoms with E-state index in [4.69, 9.17) is 9.47 Å². The molecule has 0 saturated carbocycles. The molecule has 0 unspecified atom stereocenters. The van der Waals surface area contributed by atoms with Crippen molar-refractivity contribution in [3.05, 3.63) is 54.5 Å². The van der Waals surface area contributed by atoms with E-state index < -0.39 is 0 Å². The van der Waals surface area contributed by atoms with Gasteiger partial charge in [0.25, 0.3) is 5.91 Å². The van der Waals surface area contributed by atoms with E-state index in [1.165, 1.54) is 0 Å². The van der Waals surface area contributed by atoms with Gasteiger partial charge in [0.05, 0.1) is 18.3 Å². The largest absolute Gasteiger partial charge is 0.477 e. The van der Waals surface area contributed by atoms with Gasteiger partial charge in [-0.1, -0.05) is 6.07 Å². The highest BCUT2D eigenvalue weighted by molar-refractivity contribution is 5.94. The van der Waals surface area contributed by atoms with Crippen molar-refractivity contribution in [1.29, 1.82) is 0 Å². The van der Waals surface area contributed by atoms with Gasteiger partial charge in [-0.2, -0.15) is 0 Å². The summed E-state index contributed by atoms with van der Waals surface area (Å²) in [5.41, 5.74) is 0.440. The van der Waals surface area contributed by atoms with Crippen molar-refractivity contribution in [3.63, 3.8) is 0 Å². The summed E-state index contributed by atoms with van der Waals surface area (Å²) < 4.78 is 12.1. The number of aromatic nitrogens is 2. The zero-order chi connectivity index (χ0) is 17.8. The third kappa shape index (κ3) is 3.42. The number of carbonyl (C=O) groups is 1. The van der Waals surface area contributed by atoms with Crippen LogP contribution in [0.4, 0.5) is 0 Å². The number of piperidine rings is 1. The highest BCUT2D eigenvalue weighted by Gasteiger charge is 2.47. The fourth-order valence-corrected chi connectivity index (χ4v) is 4.00. The molecule has 0 aromatic carbocycles. The summed E-state index contributed by atoms with van der Waals surface area (Å²) in [6, 6.07) is 9.25. The first-order chi connectivity index (χ1) is 12.8. The number of amides is 1. The van der Waals surface area contributed by atoms with Crippen LogP contribution in [0.1, 0.15) is 29.6 Å². The Morgan fingerprint density at radius 2 is 2.27 bits per heavy atom. The fourth-order valence-electron chi connectivity index (χ4n) is 4.00. The van der Waals surface area contributed by atoms with Crippen LogP contribution in [0.25, 0.3) is 0 Å². The highest BCUT2D eigenvalue weighted by Crippen LogP contribution is 2.40. The van der Waals surface area contributed by atoms with Crippen LogP contribution >= 0.6 is 0 Å². The number of hydrogen-bond acceptors (Lipinski definition) is 5. The number of likely N-dealkylation sites (tertiary alicyclic amines) is 1. The van der Waals surface area contributed by atoms with Crippen LogP contribution in [0.15, 0.2) is 48.9 Å². The third-order valence-corrected chi connectivity index (χ3v) is 5.33. The Morgan fingerprint density at radius 3 is 3.08 bits per heavy atom. The van der Waals surface area contributed by atoms with E-state index in [1.54, 1.807) is 24.7 Å². The zero-order valence-corrected chi connectivity index (χ0v) is 14.7. The third-order valence-electron chi connectivity index (χ3n) is 5.33. The van der Waals surface area contributed by atoms with Crippen molar-refractivity contribution < 1.29 is 14.3 Å². The monoisotopic (exact) mass is 353 g/mol.